The van der Waals surface area contributed by atoms with Gasteiger partial charge in [0.05, 0.1) is 5.69 Å². The molecule has 446 valence electrons. The van der Waals surface area contributed by atoms with Crippen LogP contribution >= 0.6 is 0 Å². The van der Waals surface area contributed by atoms with Crippen molar-refractivity contribution in [1.82, 2.24) is 0 Å². The Bertz CT molecular complexity index is 4460. The molecule has 0 bridgehead atoms. The zero-order valence-electron chi connectivity index (χ0n) is 54.3. The number of benzene rings is 12. The maximum Gasteiger partial charge on any atom is 0.252 e. The lowest BCUT2D eigenvalue weighted by Gasteiger charge is -2.46. The van der Waals surface area contributed by atoms with Crippen LogP contribution in [0, 0.1) is 0 Å². The van der Waals surface area contributed by atoms with E-state index in [1.165, 1.54) is 81.9 Å². The van der Waals surface area contributed by atoms with Crippen molar-refractivity contribution in [3.05, 3.63) is 337 Å². The summed E-state index contributed by atoms with van der Waals surface area (Å²) in [5.74, 6) is 0. The molecule has 0 spiro atoms. The van der Waals surface area contributed by atoms with Crippen molar-refractivity contribution in [3.8, 4) is 0 Å². The first kappa shape index (κ1) is 59.0. The van der Waals surface area contributed by atoms with Gasteiger partial charge in [0.2, 0.25) is 0 Å². The van der Waals surface area contributed by atoms with E-state index in [1.807, 2.05) is 0 Å². The van der Waals surface area contributed by atoms with E-state index in [0.717, 1.165) is 39.8 Å². The van der Waals surface area contributed by atoms with E-state index < -0.39 is 8.07 Å². The smallest absolute Gasteiger partial charge is 0.252 e. The number of hydrogen-bond donors (Lipinski definition) is 0. The Labute approximate surface area is 542 Å². The largest absolute Gasteiger partial charge is 0.311 e. The monoisotopic (exact) mass is 1190 g/mol. The Balaban J connectivity index is 1.06. The Kier molecular flexibility index (Phi) is 14.9. The number of hydrogen-bond acceptors (Lipinski definition) is 3. The summed E-state index contributed by atoms with van der Waals surface area (Å²) in [6.07, 6.45) is 0. The molecule has 14 rings (SSSR count). The van der Waals surface area contributed by atoms with E-state index >= 15 is 0 Å². The molecule has 0 N–H and O–H groups in total. The summed E-state index contributed by atoms with van der Waals surface area (Å²) in [7, 11) is -2.85. The molecule has 91 heavy (non-hydrogen) atoms. The second kappa shape index (κ2) is 23.0. The SMILES string of the molecule is CC(C)(C)c1ccc(N2c3ccc(C(C)(C)C)cc3B3c4cc(C(C)(C)c5ccccc5)ccc4N(c4ccc(C(C)(C)c5ccccc5)cc4)c4cc(N(c5ccccc5)c5ccc([Si](c6ccccc6)(c6ccccc6)c6ccccc6)cc5)cc2c43)cc1. The fourth-order valence-corrected chi connectivity index (χ4v) is 19.4. The van der Waals surface area contributed by atoms with Gasteiger partial charge in [-0.05, 0) is 154 Å². The molecular formula is C86H80BN3Si. The van der Waals surface area contributed by atoms with Crippen LogP contribution in [0.2, 0.25) is 0 Å². The van der Waals surface area contributed by atoms with Gasteiger partial charge in [-0.2, -0.15) is 0 Å². The molecule has 2 aliphatic rings. The van der Waals surface area contributed by atoms with Crippen molar-refractivity contribution in [2.45, 2.75) is 90.9 Å². The second-order valence-electron chi connectivity index (χ2n) is 28.2. The number of fused-ring (bicyclic) bond motifs is 4. The summed E-state index contributed by atoms with van der Waals surface area (Å²) in [4.78, 5) is 7.68. The summed E-state index contributed by atoms with van der Waals surface area (Å²) in [6, 6.07) is 115. The van der Waals surface area contributed by atoms with Gasteiger partial charge in [0.15, 0.2) is 8.07 Å². The normalized spacial score (nSPS) is 13.1. The number of anilines is 9. The Morgan fingerprint density at radius 1 is 0.275 bits per heavy atom. The molecule has 0 fully saturated rings. The van der Waals surface area contributed by atoms with E-state index in [1.54, 1.807) is 0 Å². The maximum atomic E-state index is 2.60. The third kappa shape index (κ3) is 10.3. The molecular weight excluding hydrogens is 1110 g/mol. The van der Waals surface area contributed by atoms with Crippen molar-refractivity contribution >= 4 is 103 Å². The Morgan fingerprint density at radius 2 is 0.604 bits per heavy atom. The lowest BCUT2D eigenvalue weighted by Crippen LogP contribution is -2.74. The summed E-state index contributed by atoms with van der Waals surface area (Å²) in [5, 5.41) is 5.37. The number of para-hydroxylation sites is 1. The third-order valence-corrected chi connectivity index (χ3v) is 24.7. The highest BCUT2D eigenvalue weighted by atomic mass is 28.3. The first-order chi connectivity index (χ1) is 43.9. The zero-order chi connectivity index (χ0) is 62.9. The molecule has 2 aliphatic heterocycles. The topological polar surface area (TPSA) is 9.72 Å². The molecule has 12 aromatic carbocycles. The van der Waals surface area contributed by atoms with Crippen molar-refractivity contribution in [2.24, 2.45) is 0 Å². The van der Waals surface area contributed by atoms with E-state index in [-0.39, 0.29) is 28.4 Å². The number of nitrogens with zero attached hydrogens (tertiary/aromatic N) is 3. The van der Waals surface area contributed by atoms with Gasteiger partial charge in [0.1, 0.15) is 0 Å². The fourth-order valence-electron chi connectivity index (χ4n) is 14.7. The van der Waals surface area contributed by atoms with Crippen LogP contribution in [-0.2, 0) is 21.7 Å². The van der Waals surface area contributed by atoms with Crippen LogP contribution in [0.15, 0.2) is 303 Å². The molecule has 0 atom stereocenters. The number of rotatable bonds is 13. The average molecular weight is 1190 g/mol. The van der Waals surface area contributed by atoms with E-state index in [2.05, 4.69) is 387 Å². The van der Waals surface area contributed by atoms with Gasteiger partial charge in [-0.3, -0.25) is 0 Å². The van der Waals surface area contributed by atoms with Crippen LogP contribution in [0.3, 0.4) is 0 Å². The van der Waals surface area contributed by atoms with Crippen LogP contribution < -0.4 is 51.8 Å². The molecule has 0 aromatic heterocycles. The van der Waals surface area contributed by atoms with Crippen LogP contribution in [-0.4, -0.2) is 14.8 Å². The van der Waals surface area contributed by atoms with Crippen molar-refractivity contribution in [2.75, 3.05) is 14.7 Å². The highest BCUT2D eigenvalue weighted by Gasteiger charge is 2.46. The van der Waals surface area contributed by atoms with E-state index in [0.29, 0.717) is 0 Å². The highest BCUT2D eigenvalue weighted by Crippen LogP contribution is 2.50. The van der Waals surface area contributed by atoms with Gasteiger partial charge >= 0.3 is 0 Å². The molecule has 0 aliphatic carbocycles. The van der Waals surface area contributed by atoms with Crippen LogP contribution in [0.5, 0.6) is 0 Å². The molecule has 0 amide bonds. The summed E-state index contributed by atoms with van der Waals surface area (Å²) >= 11 is 0. The minimum Gasteiger partial charge on any atom is -0.311 e. The quantitative estimate of drug-likeness (QED) is 0.0841. The van der Waals surface area contributed by atoms with Gasteiger partial charge in [0, 0.05) is 56.3 Å². The lowest BCUT2D eigenvalue weighted by atomic mass is 9.33. The summed E-state index contributed by atoms with van der Waals surface area (Å²) in [6.45, 7) is 23.3. The van der Waals surface area contributed by atoms with Gasteiger partial charge in [0.25, 0.3) is 6.71 Å². The van der Waals surface area contributed by atoms with E-state index in [4.69, 9.17) is 0 Å². The predicted octanol–water partition coefficient (Wildman–Crippen LogP) is 17.9. The first-order valence-electron chi connectivity index (χ1n) is 32.4. The molecule has 5 heteroatoms. The highest BCUT2D eigenvalue weighted by molar-refractivity contribution is 7.19. The zero-order valence-corrected chi connectivity index (χ0v) is 55.3. The molecule has 0 unspecified atom stereocenters. The Morgan fingerprint density at radius 3 is 1.03 bits per heavy atom. The molecule has 0 radical (unpaired) electrons. The summed E-state index contributed by atoms with van der Waals surface area (Å²) < 4.78 is 0. The fraction of sp³-hybridized carbons (Fsp3) is 0.163. The van der Waals surface area contributed by atoms with Crippen molar-refractivity contribution in [3.63, 3.8) is 0 Å². The van der Waals surface area contributed by atoms with Crippen LogP contribution in [0.1, 0.15) is 103 Å². The predicted molar refractivity (Wildman–Crippen MR) is 393 cm³/mol. The van der Waals surface area contributed by atoms with Gasteiger partial charge in [-0.25, -0.2) is 0 Å². The Hall–Kier alpha value is -9.68. The molecule has 2 heterocycles. The molecule has 12 aromatic rings. The van der Waals surface area contributed by atoms with Crippen molar-refractivity contribution in [1.29, 1.82) is 0 Å². The van der Waals surface area contributed by atoms with Gasteiger partial charge < -0.3 is 14.7 Å². The minimum atomic E-state index is -2.85. The molecule has 0 saturated carbocycles. The third-order valence-electron chi connectivity index (χ3n) is 19.9. The lowest BCUT2D eigenvalue weighted by molar-refractivity contribution is 0.590. The standard InChI is InChI=1S/C86H80BN3Si/c1-83(2,3)61-41-47-69(48-42-61)89-78-55-45-65(84(4,5)6)57-76(78)87-77-58-66(86(9,10)63-31-19-12-20-32-63)46-56-79(77)90(70-49-43-64(44-50-70)85(7,8)62-29-17-11-18-30-62)81-60-71(59-80(89)82(81)87)88(67-33-21-13-22-34-67)68-51-53-75(54-52-68)91(72-35-23-14-24-36-72,73-37-25-15-26-38-73)74-39-27-16-28-40-74/h11-60H,1-10H3. The molecule has 3 nitrogen and oxygen atoms in total. The van der Waals surface area contributed by atoms with Crippen LogP contribution in [0.25, 0.3) is 0 Å². The van der Waals surface area contributed by atoms with Crippen LogP contribution in [0.4, 0.5) is 51.2 Å². The van der Waals surface area contributed by atoms with Gasteiger partial charge in [-0.15, -0.1) is 0 Å². The summed E-state index contributed by atoms with van der Waals surface area (Å²) in [5.41, 5.74) is 21.1. The molecule has 0 saturated heterocycles. The van der Waals surface area contributed by atoms with Gasteiger partial charge in [-0.1, -0.05) is 300 Å². The van der Waals surface area contributed by atoms with E-state index in [9.17, 15) is 0 Å². The average Bonchev–Trinajstić information content (AvgIpc) is 0.700. The minimum absolute atomic E-state index is 0.0252. The van der Waals surface area contributed by atoms with Crippen molar-refractivity contribution < 1.29 is 0 Å². The maximum absolute atomic E-state index is 2.85. The first-order valence-corrected chi connectivity index (χ1v) is 34.4. The second-order valence-corrected chi connectivity index (χ2v) is 32.0.